The van der Waals surface area contributed by atoms with Gasteiger partial charge in [0.05, 0.1) is 5.02 Å². The molecule has 0 unspecified atom stereocenters. The van der Waals surface area contributed by atoms with Crippen molar-refractivity contribution in [2.75, 3.05) is 0 Å². The van der Waals surface area contributed by atoms with Crippen LogP contribution in [0.3, 0.4) is 0 Å². The van der Waals surface area contributed by atoms with Crippen LogP contribution >= 0.6 is 23.2 Å². The third-order valence-electron chi connectivity index (χ3n) is 1.61. The van der Waals surface area contributed by atoms with E-state index in [4.69, 9.17) is 23.2 Å². The van der Waals surface area contributed by atoms with Crippen molar-refractivity contribution in [3.63, 3.8) is 0 Å². The molecular formula is C10H11Cl2. The zero-order chi connectivity index (χ0) is 9.14. The van der Waals surface area contributed by atoms with Crippen molar-refractivity contribution in [3.8, 4) is 0 Å². The van der Waals surface area contributed by atoms with Crippen molar-refractivity contribution in [1.82, 2.24) is 0 Å². The zero-order valence-corrected chi connectivity index (χ0v) is 8.71. The smallest absolute Gasteiger partial charge is 0.0531 e. The first kappa shape index (κ1) is 9.88. The van der Waals surface area contributed by atoms with E-state index in [0.29, 0.717) is 10.9 Å². The van der Waals surface area contributed by atoms with Gasteiger partial charge < -0.3 is 0 Å². The molecule has 2 heteroatoms. The van der Waals surface area contributed by atoms with E-state index in [-0.39, 0.29) is 0 Å². The third-order valence-corrected chi connectivity index (χ3v) is 2.30. The maximum atomic E-state index is 5.97. The number of halogens is 2. The lowest BCUT2D eigenvalue weighted by atomic mass is 10.0. The Morgan fingerprint density at radius 2 is 2.08 bits per heavy atom. The van der Waals surface area contributed by atoms with Gasteiger partial charge in [-0.25, -0.2) is 0 Å². The lowest BCUT2D eigenvalue weighted by molar-refractivity contribution is 0.647. The maximum absolute atomic E-state index is 5.97. The van der Waals surface area contributed by atoms with Crippen LogP contribution in [0.25, 0.3) is 0 Å². The molecule has 0 aliphatic carbocycles. The summed E-state index contributed by atoms with van der Waals surface area (Å²) < 4.78 is 0. The number of hydrogen-bond acceptors (Lipinski definition) is 0. The van der Waals surface area contributed by atoms with Crippen molar-refractivity contribution in [2.24, 2.45) is 5.92 Å². The highest BCUT2D eigenvalue weighted by molar-refractivity contribution is 6.35. The van der Waals surface area contributed by atoms with Crippen molar-refractivity contribution in [2.45, 2.75) is 20.3 Å². The summed E-state index contributed by atoms with van der Waals surface area (Å²) in [5, 5.41) is 1.39. The molecule has 0 bridgehead atoms. The number of benzene rings is 1. The van der Waals surface area contributed by atoms with E-state index in [1.165, 1.54) is 0 Å². The van der Waals surface area contributed by atoms with Gasteiger partial charge in [0.2, 0.25) is 0 Å². The fourth-order valence-corrected chi connectivity index (χ4v) is 1.60. The summed E-state index contributed by atoms with van der Waals surface area (Å²) in [5.41, 5.74) is 1.01. The molecule has 0 atom stereocenters. The van der Waals surface area contributed by atoms with Crippen LogP contribution in [0.2, 0.25) is 10.0 Å². The first-order chi connectivity index (χ1) is 5.61. The van der Waals surface area contributed by atoms with Gasteiger partial charge in [0.1, 0.15) is 0 Å². The molecule has 65 valence electrons. The standard InChI is InChI=1S/C10H11Cl2/c1-7(2)6-8-9(11)4-3-5-10(8)12/h3-4,7H,6H2,1-2H3. The summed E-state index contributed by atoms with van der Waals surface area (Å²) in [4.78, 5) is 0. The zero-order valence-electron chi connectivity index (χ0n) is 7.20. The Morgan fingerprint density at radius 3 is 2.58 bits per heavy atom. The van der Waals surface area contributed by atoms with E-state index >= 15 is 0 Å². The van der Waals surface area contributed by atoms with Gasteiger partial charge in [-0.15, -0.1) is 0 Å². The molecule has 0 amide bonds. The molecule has 0 aliphatic heterocycles. The molecule has 0 saturated carbocycles. The fraction of sp³-hybridized carbons (Fsp3) is 0.400. The van der Waals surface area contributed by atoms with E-state index < -0.39 is 0 Å². The average Bonchev–Trinajstić information content (AvgIpc) is 1.97. The van der Waals surface area contributed by atoms with Crippen molar-refractivity contribution < 1.29 is 0 Å². The van der Waals surface area contributed by atoms with Gasteiger partial charge in [0.15, 0.2) is 0 Å². The van der Waals surface area contributed by atoms with Crippen LogP contribution in [-0.2, 0) is 6.42 Å². The Bertz CT molecular complexity index is 246. The predicted molar refractivity (Wildman–Crippen MR) is 53.8 cm³/mol. The minimum absolute atomic E-state index is 0.566. The second-order valence-electron chi connectivity index (χ2n) is 3.22. The second-order valence-corrected chi connectivity index (χ2v) is 4.00. The minimum Gasteiger partial charge on any atom is -0.0840 e. The molecule has 1 aromatic carbocycles. The van der Waals surface area contributed by atoms with Crippen LogP contribution in [0.5, 0.6) is 0 Å². The summed E-state index contributed by atoms with van der Waals surface area (Å²) in [6.45, 7) is 4.28. The normalized spacial score (nSPS) is 10.8. The van der Waals surface area contributed by atoms with Crippen LogP contribution in [0.15, 0.2) is 12.1 Å². The van der Waals surface area contributed by atoms with Gasteiger partial charge in [0.25, 0.3) is 0 Å². The molecule has 0 N–H and O–H groups in total. The molecule has 1 rings (SSSR count). The van der Waals surface area contributed by atoms with Crippen molar-refractivity contribution in [3.05, 3.63) is 33.8 Å². The monoisotopic (exact) mass is 201 g/mol. The first-order valence-electron chi connectivity index (χ1n) is 3.96. The van der Waals surface area contributed by atoms with Gasteiger partial charge in [-0.1, -0.05) is 43.1 Å². The van der Waals surface area contributed by atoms with E-state index in [1.807, 2.05) is 6.07 Å². The number of hydrogen-bond donors (Lipinski definition) is 0. The van der Waals surface area contributed by atoms with E-state index in [0.717, 1.165) is 17.0 Å². The van der Waals surface area contributed by atoms with Gasteiger partial charge >= 0.3 is 0 Å². The molecule has 0 aliphatic rings. The largest absolute Gasteiger partial charge is 0.0840 e. The van der Waals surface area contributed by atoms with Crippen LogP contribution in [0.1, 0.15) is 19.4 Å². The Labute approximate surface area is 83.5 Å². The molecule has 0 spiro atoms. The molecular weight excluding hydrogens is 191 g/mol. The molecule has 0 heterocycles. The molecule has 0 nitrogen and oxygen atoms in total. The average molecular weight is 202 g/mol. The Kier molecular flexibility index (Phi) is 3.42. The van der Waals surface area contributed by atoms with Crippen LogP contribution < -0.4 is 0 Å². The topological polar surface area (TPSA) is 0 Å². The summed E-state index contributed by atoms with van der Waals surface area (Å²) in [6.07, 6.45) is 0.912. The quantitative estimate of drug-likeness (QED) is 0.680. The fourth-order valence-electron chi connectivity index (χ4n) is 1.08. The minimum atomic E-state index is 0.566. The molecule has 1 aromatic rings. The van der Waals surface area contributed by atoms with Crippen molar-refractivity contribution in [1.29, 1.82) is 0 Å². The number of rotatable bonds is 2. The highest BCUT2D eigenvalue weighted by Gasteiger charge is 2.06. The molecule has 0 saturated heterocycles. The lowest BCUT2D eigenvalue weighted by Gasteiger charge is -2.08. The predicted octanol–water partition coefficient (Wildman–Crippen LogP) is 3.99. The summed E-state index contributed by atoms with van der Waals surface area (Å²) in [7, 11) is 0. The Hall–Kier alpha value is -0.200. The maximum Gasteiger partial charge on any atom is 0.0531 e. The molecule has 0 fully saturated rings. The third kappa shape index (κ3) is 2.40. The summed E-state index contributed by atoms with van der Waals surface area (Å²) in [6, 6.07) is 6.50. The molecule has 1 radical (unpaired) electrons. The van der Waals surface area contributed by atoms with E-state index in [9.17, 15) is 0 Å². The highest BCUT2D eigenvalue weighted by atomic mass is 35.5. The molecule has 0 aromatic heterocycles. The SMILES string of the molecule is CC(C)Cc1c(Cl)[c]ccc1Cl. The van der Waals surface area contributed by atoms with Gasteiger partial charge in [-0.3, -0.25) is 0 Å². The van der Waals surface area contributed by atoms with Crippen LogP contribution in [0, 0.1) is 12.0 Å². The molecule has 12 heavy (non-hydrogen) atoms. The Balaban J connectivity index is 2.96. The summed E-state index contributed by atoms with van der Waals surface area (Å²) in [5.74, 6) is 0.566. The summed E-state index contributed by atoms with van der Waals surface area (Å²) >= 11 is 11.9. The van der Waals surface area contributed by atoms with Gasteiger partial charge in [-0.2, -0.15) is 0 Å². The van der Waals surface area contributed by atoms with Crippen LogP contribution in [0.4, 0.5) is 0 Å². The van der Waals surface area contributed by atoms with Crippen LogP contribution in [-0.4, -0.2) is 0 Å². The van der Waals surface area contributed by atoms with E-state index in [2.05, 4.69) is 19.9 Å². The highest BCUT2D eigenvalue weighted by Crippen LogP contribution is 2.26. The van der Waals surface area contributed by atoms with Gasteiger partial charge in [-0.05, 0) is 24.0 Å². The second kappa shape index (κ2) is 4.15. The van der Waals surface area contributed by atoms with E-state index in [1.54, 1.807) is 6.07 Å². The lowest BCUT2D eigenvalue weighted by Crippen LogP contribution is -1.95. The van der Waals surface area contributed by atoms with Crippen molar-refractivity contribution >= 4 is 23.2 Å². The first-order valence-corrected chi connectivity index (χ1v) is 4.71. The Morgan fingerprint density at radius 1 is 1.42 bits per heavy atom. The van der Waals surface area contributed by atoms with Gasteiger partial charge in [0, 0.05) is 11.1 Å².